The summed E-state index contributed by atoms with van der Waals surface area (Å²) in [7, 11) is 0. The average Bonchev–Trinajstić information content (AvgIpc) is 3.62. The second kappa shape index (κ2) is 9.32. The maximum Gasteiger partial charge on any atom is 0.283 e. The number of aromatic nitrogens is 2. The fourth-order valence-electron chi connectivity index (χ4n) is 5.17. The van der Waals surface area contributed by atoms with Gasteiger partial charge >= 0.3 is 0 Å². The van der Waals surface area contributed by atoms with Gasteiger partial charge in [0, 0.05) is 19.5 Å². The van der Waals surface area contributed by atoms with Crippen molar-refractivity contribution in [2.45, 2.75) is 38.2 Å². The Hall–Kier alpha value is -3.42. The Balaban J connectivity index is 1.03. The minimum atomic E-state index is -0.572. The van der Waals surface area contributed by atoms with Crippen molar-refractivity contribution >= 4 is 17.0 Å². The number of hydrogen-bond acceptors (Lipinski definition) is 7. The molecule has 2 aliphatic rings. The molecule has 7 nitrogen and oxygen atoms in total. The number of allylic oxidation sites excluding steroid dienone is 1. The van der Waals surface area contributed by atoms with Crippen molar-refractivity contribution in [1.82, 2.24) is 15.1 Å². The smallest absolute Gasteiger partial charge is 0.283 e. The Labute approximate surface area is 204 Å². The highest BCUT2D eigenvalue weighted by Gasteiger charge is 2.23. The summed E-state index contributed by atoms with van der Waals surface area (Å²) in [5.74, 6) is 2.57. The van der Waals surface area contributed by atoms with Crippen LogP contribution in [0.25, 0.3) is 28.7 Å². The SMILES string of the molecule is Cc1nnc(-c2cc3c(OCC(O)CN4CCC(c5ccc6c(c5)C=CC6)CC4)cccc3o2)o1. The topological polar surface area (TPSA) is 84.8 Å². The van der Waals surface area contributed by atoms with Gasteiger partial charge in [0.2, 0.25) is 5.89 Å². The Bertz CT molecular complexity index is 1360. The number of benzene rings is 2. The monoisotopic (exact) mass is 471 g/mol. The van der Waals surface area contributed by atoms with Gasteiger partial charge < -0.3 is 23.6 Å². The molecule has 0 saturated carbocycles. The van der Waals surface area contributed by atoms with Gasteiger partial charge in [0.25, 0.3) is 5.89 Å². The molecule has 6 rings (SSSR count). The third kappa shape index (κ3) is 4.61. The molecule has 1 aliphatic heterocycles. The number of piperidine rings is 1. The number of hydrogen-bond donors (Lipinski definition) is 1. The Morgan fingerprint density at radius 3 is 2.83 bits per heavy atom. The Morgan fingerprint density at radius 2 is 2.00 bits per heavy atom. The second-order valence-electron chi connectivity index (χ2n) is 9.51. The summed E-state index contributed by atoms with van der Waals surface area (Å²) in [6, 6.07) is 14.4. The molecule has 0 amide bonds. The molecule has 1 N–H and O–H groups in total. The summed E-state index contributed by atoms with van der Waals surface area (Å²) in [4.78, 5) is 2.34. The summed E-state index contributed by atoms with van der Waals surface area (Å²) in [6.45, 7) is 4.53. The summed E-state index contributed by atoms with van der Waals surface area (Å²) < 4.78 is 17.3. The number of aryl methyl sites for hydroxylation is 1. The lowest BCUT2D eigenvalue weighted by Gasteiger charge is -2.33. The Morgan fingerprint density at radius 1 is 1.11 bits per heavy atom. The van der Waals surface area contributed by atoms with Gasteiger partial charge in [-0.15, -0.1) is 10.2 Å². The molecule has 7 heteroatoms. The zero-order valence-electron chi connectivity index (χ0n) is 19.8. The van der Waals surface area contributed by atoms with Crippen LogP contribution in [0.4, 0.5) is 0 Å². The molecule has 1 saturated heterocycles. The largest absolute Gasteiger partial charge is 0.490 e. The first-order valence-electron chi connectivity index (χ1n) is 12.3. The molecule has 1 atom stereocenters. The lowest BCUT2D eigenvalue weighted by atomic mass is 9.88. The molecule has 0 spiro atoms. The predicted octanol–water partition coefficient (Wildman–Crippen LogP) is 4.98. The van der Waals surface area contributed by atoms with Crippen LogP contribution in [0.3, 0.4) is 0 Å². The number of furan rings is 1. The Kier molecular flexibility index (Phi) is 5.88. The zero-order valence-corrected chi connectivity index (χ0v) is 19.8. The average molecular weight is 472 g/mol. The quantitative estimate of drug-likeness (QED) is 0.407. The van der Waals surface area contributed by atoms with E-state index >= 15 is 0 Å². The lowest BCUT2D eigenvalue weighted by Crippen LogP contribution is -2.40. The second-order valence-corrected chi connectivity index (χ2v) is 9.51. The summed E-state index contributed by atoms with van der Waals surface area (Å²) in [6.07, 6.45) is 7.19. The van der Waals surface area contributed by atoms with Crippen molar-refractivity contribution < 1.29 is 18.7 Å². The molecule has 2 aromatic heterocycles. The van der Waals surface area contributed by atoms with E-state index in [4.69, 9.17) is 13.6 Å². The molecule has 1 unspecified atom stereocenters. The van der Waals surface area contributed by atoms with Crippen LogP contribution in [0.2, 0.25) is 0 Å². The zero-order chi connectivity index (χ0) is 23.8. The van der Waals surface area contributed by atoms with E-state index in [0.717, 1.165) is 37.7 Å². The minimum absolute atomic E-state index is 0.219. The van der Waals surface area contributed by atoms with E-state index in [-0.39, 0.29) is 6.61 Å². The van der Waals surface area contributed by atoms with E-state index in [0.29, 0.717) is 41.3 Å². The molecular formula is C28H29N3O4. The maximum absolute atomic E-state index is 10.7. The molecule has 0 radical (unpaired) electrons. The number of β-amino-alcohol motifs (C(OH)–C–C–N with tert-alkyl or cyclic N) is 1. The standard InChI is InChI=1S/C28H29N3O4/c1-18-29-30-28(34-18)27-15-24-25(6-3-7-26(24)35-27)33-17-23(32)16-31-12-10-20(11-13-31)22-9-8-19-4-2-5-21(19)14-22/h2-3,5-9,14-15,20,23,32H,4,10-13,16-17H2,1H3. The number of ether oxygens (including phenoxy) is 1. The van der Waals surface area contributed by atoms with Gasteiger partial charge in [-0.3, -0.25) is 0 Å². The first kappa shape index (κ1) is 22.1. The van der Waals surface area contributed by atoms with Gasteiger partial charge in [0.1, 0.15) is 24.0 Å². The van der Waals surface area contributed by atoms with Crippen molar-refractivity contribution in [1.29, 1.82) is 0 Å². The molecule has 1 aliphatic carbocycles. The van der Waals surface area contributed by atoms with Crippen LogP contribution in [-0.2, 0) is 6.42 Å². The highest BCUT2D eigenvalue weighted by atomic mass is 16.5. The van der Waals surface area contributed by atoms with Crippen LogP contribution in [0, 0.1) is 6.92 Å². The van der Waals surface area contributed by atoms with Gasteiger partial charge in [0.05, 0.1) is 5.39 Å². The van der Waals surface area contributed by atoms with Crippen LogP contribution in [0.15, 0.2) is 57.4 Å². The van der Waals surface area contributed by atoms with Crippen molar-refractivity contribution in [3.63, 3.8) is 0 Å². The molecule has 3 heterocycles. The first-order chi connectivity index (χ1) is 17.1. The molecule has 180 valence electrons. The molecule has 2 aromatic carbocycles. The van der Waals surface area contributed by atoms with Crippen LogP contribution < -0.4 is 4.74 Å². The summed E-state index contributed by atoms with van der Waals surface area (Å²) in [5, 5.41) is 19.4. The number of likely N-dealkylation sites (tertiary alicyclic amines) is 1. The van der Waals surface area contributed by atoms with Crippen LogP contribution in [-0.4, -0.2) is 52.5 Å². The molecule has 4 aromatic rings. The van der Waals surface area contributed by atoms with E-state index in [9.17, 15) is 5.11 Å². The van der Waals surface area contributed by atoms with Crippen LogP contribution in [0.1, 0.15) is 41.3 Å². The first-order valence-corrected chi connectivity index (χ1v) is 12.3. The molecule has 1 fully saturated rings. The number of rotatable bonds is 7. The third-order valence-corrected chi connectivity index (χ3v) is 7.02. The number of aliphatic hydroxyl groups is 1. The van der Waals surface area contributed by atoms with Gasteiger partial charge in [-0.1, -0.05) is 36.4 Å². The van der Waals surface area contributed by atoms with E-state index < -0.39 is 6.10 Å². The van der Waals surface area contributed by atoms with Crippen molar-refractivity contribution in [2.24, 2.45) is 0 Å². The van der Waals surface area contributed by atoms with E-state index in [1.54, 1.807) is 6.92 Å². The van der Waals surface area contributed by atoms with Crippen molar-refractivity contribution in [3.8, 4) is 17.4 Å². The van der Waals surface area contributed by atoms with Gasteiger partial charge in [-0.25, -0.2) is 0 Å². The summed E-state index contributed by atoms with van der Waals surface area (Å²) >= 11 is 0. The summed E-state index contributed by atoms with van der Waals surface area (Å²) in [5.41, 5.74) is 4.93. The maximum atomic E-state index is 10.7. The molecular weight excluding hydrogens is 442 g/mol. The van der Waals surface area contributed by atoms with E-state index in [1.807, 2.05) is 24.3 Å². The lowest BCUT2D eigenvalue weighted by molar-refractivity contribution is 0.0599. The minimum Gasteiger partial charge on any atom is -0.490 e. The highest BCUT2D eigenvalue weighted by molar-refractivity contribution is 5.87. The van der Waals surface area contributed by atoms with Gasteiger partial charge in [0.15, 0.2) is 5.76 Å². The molecule has 0 bridgehead atoms. The predicted molar refractivity (Wildman–Crippen MR) is 133 cm³/mol. The normalized spacial score (nSPS) is 17.2. The number of fused-ring (bicyclic) bond motifs is 2. The highest BCUT2D eigenvalue weighted by Crippen LogP contribution is 2.34. The molecule has 35 heavy (non-hydrogen) atoms. The van der Waals surface area contributed by atoms with Gasteiger partial charge in [-0.05, 0) is 67.1 Å². The van der Waals surface area contributed by atoms with Crippen LogP contribution >= 0.6 is 0 Å². The van der Waals surface area contributed by atoms with E-state index in [2.05, 4.69) is 45.4 Å². The number of aliphatic hydroxyl groups excluding tert-OH is 1. The van der Waals surface area contributed by atoms with Crippen molar-refractivity contribution in [2.75, 3.05) is 26.2 Å². The fourth-order valence-corrected chi connectivity index (χ4v) is 5.17. The van der Waals surface area contributed by atoms with Gasteiger partial charge in [-0.2, -0.15) is 0 Å². The van der Waals surface area contributed by atoms with Crippen molar-refractivity contribution in [3.05, 3.63) is 71.1 Å². The fraction of sp³-hybridized carbons (Fsp3) is 0.357. The van der Waals surface area contributed by atoms with Crippen LogP contribution in [0.5, 0.6) is 5.75 Å². The van der Waals surface area contributed by atoms with E-state index in [1.165, 1.54) is 16.7 Å². The number of nitrogens with zero attached hydrogens (tertiary/aromatic N) is 3. The third-order valence-electron chi connectivity index (χ3n) is 7.02.